The van der Waals surface area contributed by atoms with Crippen LogP contribution in [-0.4, -0.2) is 15.0 Å². The topological polar surface area (TPSA) is 64.7 Å². The highest BCUT2D eigenvalue weighted by Gasteiger charge is 2.03. The fourth-order valence-electron chi connectivity index (χ4n) is 1.07. The van der Waals surface area contributed by atoms with Crippen molar-refractivity contribution < 1.29 is 4.39 Å². The second-order valence-corrected chi connectivity index (χ2v) is 3.39. The molecule has 6 heteroatoms. The van der Waals surface area contributed by atoms with Crippen LogP contribution in [0.3, 0.4) is 0 Å². The predicted molar refractivity (Wildman–Crippen MR) is 61.6 cm³/mol. The Morgan fingerprint density at radius 2 is 2.00 bits per heavy atom. The Kier molecular flexibility index (Phi) is 3.17. The van der Waals surface area contributed by atoms with E-state index in [2.05, 4.69) is 26.8 Å². The van der Waals surface area contributed by atoms with Crippen LogP contribution < -0.4 is 5.73 Å². The molecule has 0 aliphatic heterocycles. The zero-order valence-electron chi connectivity index (χ0n) is 8.48. The molecule has 0 saturated heterocycles. The first-order valence-corrected chi connectivity index (χ1v) is 4.94. The number of anilines is 1. The maximum absolute atomic E-state index is 12.6. The van der Waals surface area contributed by atoms with Gasteiger partial charge in [0.2, 0.25) is 0 Å². The van der Waals surface area contributed by atoms with Gasteiger partial charge in [0.25, 0.3) is 0 Å². The SMILES string of the molecule is Nc1ncnc(Cl)c1C#Cc1ccc(F)cn1. The molecule has 4 nitrogen and oxygen atoms in total. The highest BCUT2D eigenvalue weighted by Crippen LogP contribution is 2.15. The molecule has 0 saturated carbocycles. The molecule has 0 fully saturated rings. The van der Waals surface area contributed by atoms with Crippen LogP contribution in [0.4, 0.5) is 10.2 Å². The number of aromatic nitrogens is 3. The van der Waals surface area contributed by atoms with Gasteiger partial charge in [-0.05, 0) is 18.1 Å². The van der Waals surface area contributed by atoms with Crippen molar-refractivity contribution in [3.63, 3.8) is 0 Å². The summed E-state index contributed by atoms with van der Waals surface area (Å²) in [5.74, 6) is 5.17. The predicted octanol–water partition coefficient (Wildman–Crippen LogP) is 1.65. The molecule has 2 heterocycles. The van der Waals surface area contributed by atoms with E-state index in [0.29, 0.717) is 11.3 Å². The van der Waals surface area contributed by atoms with Gasteiger partial charge < -0.3 is 5.73 Å². The van der Waals surface area contributed by atoms with Gasteiger partial charge in [-0.1, -0.05) is 17.5 Å². The highest BCUT2D eigenvalue weighted by atomic mass is 35.5. The summed E-state index contributed by atoms with van der Waals surface area (Å²) in [6, 6.07) is 2.72. The molecule has 0 atom stereocenters. The Morgan fingerprint density at radius 1 is 1.18 bits per heavy atom. The Morgan fingerprint density at radius 3 is 2.65 bits per heavy atom. The zero-order chi connectivity index (χ0) is 12.3. The molecule has 0 aromatic carbocycles. The first-order valence-electron chi connectivity index (χ1n) is 4.56. The molecule has 2 aromatic rings. The van der Waals surface area contributed by atoms with Gasteiger partial charge in [0.1, 0.15) is 34.4 Å². The summed E-state index contributed by atoms with van der Waals surface area (Å²) in [4.78, 5) is 11.3. The monoisotopic (exact) mass is 248 g/mol. The Balaban J connectivity index is 2.36. The fourth-order valence-corrected chi connectivity index (χ4v) is 1.26. The normalized spacial score (nSPS) is 9.53. The first kappa shape index (κ1) is 11.3. The average Bonchev–Trinajstić information content (AvgIpc) is 2.31. The summed E-state index contributed by atoms with van der Waals surface area (Å²) in [6.45, 7) is 0. The summed E-state index contributed by atoms with van der Waals surface area (Å²) >= 11 is 5.81. The van der Waals surface area contributed by atoms with E-state index in [0.717, 1.165) is 6.20 Å². The van der Waals surface area contributed by atoms with E-state index >= 15 is 0 Å². The summed E-state index contributed by atoms with van der Waals surface area (Å²) < 4.78 is 12.6. The quantitative estimate of drug-likeness (QED) is 0.569. The molecule has 2 aromatic heterocycles. The molecule has 0 bridgehead atoms. The number of hydrogen-bond donors (Lipinski definition) is 1. The Bertz CT molecular complexity index is 581. The van der Waals surface area contributed by atoms with Gasteiger partial charge in [0.15, 0.2) is 0 Å². The van der Waals surface area contributed by atoms with Gasteiger partial charge in [-0.2, -0.15) is 0 Å². The maximum Gasteiger partial charge on any atom is 0.150 e. The van der Waals surface area contributed by atoms with E-state index in [1.165, 1.54) is 18.5 Å². The lowest BCUT2D eigenvalue weighted by Gasteiger charge is -1.97. The van der Waals surface area contributed by atoms with Crippen molar-refractivity contribution in [2.24, 2.45) is 0 Å². The maximum atomic E-state index is 12.6. The smallest absolute Gasteiger partial charge is 0.150 e. The minimum atomic E-state index is -0.420. The van der Waals surface area contributed by atoms with E-state index in [9.17, 15) is 4.39 Å². The second-order valence-electron chi connectivity index (χ2n) is 3.04. The molecule has 0 spiro atoms. The molecule has 0 unspecified atom stereocenters. The molecule has 0 amide bonds. The molecule has 0 aliphatic carbocycles. The Labute approximate surface area is 102 Å². The van der Waals surface area contributed by atoms with E-state index in [1.807, 2.05) is 0 Å². The van der Waals surface area contributed by atoms with Gasteiger partial charge in [-0.25, -0.2) is 19.3 Å². The summed E-state index contributed by atoms with van der Waals surface area (Å²) in [6.07, 6.45) is 2.33. The van der Waals surface area contributed by atoms with Crippen LogP contribution in [0, 0.1) is 17.7 Å². The number of rotatable bonds is 0. The van der Waals surface area contributed by atoms with E-state index in [-0.39, 0.29) is 11.0 Å². The number of pyridine rings is 1. The third-order valence-corrected chi connectivity index (χ3v) is 2.16. The first-order chi connectivity index (χ1) is 8.16. The van der Waals surface area contributed by atoms with Crippen molar-refractivity contribution in [1.82, 2.24) is 15.0 Å². The number of nitrogen functional groups attached to an aromatic ring is 1. The average molecular weight is 249 g/mol. The van der Waals surface area contributed by atoms with Crippen molar-refractivity contribution >= 4 is 17.4 Å². The summed E-state index contributed by atoms with van der Waals surface area (Å²) in [5.41, 5.74) is 6.33. The number of nitrogens with two attached hydrogens (primary N) is 1. The highest BCUT2D eigenvalue weighted by molar-refractivity contribution is 6.30. The van der Waals surface area contributed by atoms with E-state index < -0.39 is 5.82 Å². The molecular formula is C11H6ClFN4. The minimum absolute atomic E-state index is 0.173. The third kappa shape index (κ3) is 2.68. The summed E-state index contributed by atoms with van der Waals surface area (Å²) in [5, 5.41) is 0.173. The van der Waals surface area contributed by atoms with Crippen molar-refractivity contribution in [2.45, 2.75) is 0 Å². The molecule has 2 N–H and O–H groups in total. The zero-order valence-corrected chi connectivity index (χ0v) is 9.24. The van der Waals surface area contributed by atoms with Gasteiger partial charge in [0, 0.05) is 0 Å². The van der Waals surface area contributed by atoms with Crippen LogP contribution >= 0.6 is 11.6 Å². The van der Waals surface area contributed by atoms with Crippen LogP contribution in [0.15, 0.2) is 24.7 Å². The van der Waals surface area contributed by atoms with Crippen LogP contribution in [0.25, 0.3) is 0 Å². The van der Waals surface area contributed by atoms with Crippen LogP contribution in [0.1, 0.15) is 11.3 Å². The van der Waals surface area contributed by atoms with Gasteiger partial charge in [-0.15, -0.1) is 0 Å². The lowest BCUT2D eigenvalue weighted by molar-refractivity contribution is 0.621. The lowest BCUT2D eigenvalue weighted by atomic mass is 10.3. The third-order valence-electron chi connectivity index (χ3n) is 1.87. The van der Waals surface area contributed by atoms with Crippen molar-refractivity contribution in [1.29, 1.82) is 0 Å². The van der Waals surface area contributed by atoms with Crippen LogP contribution in [0.5, 0.6) is 0 Å². The lowest BCUT2D eigenvalue weighted by Crippen LogP contribution is -1.96. The van der Waals surface area contributed by atoms with Gasteiger partial charge in [-0.3, -0.25) is 0 Å². The number of halogens is 2. The Hall–Kier alpha value is -2.19. The van der Waals surface area contributed by atoms with Crippen molar-refractivity contribution in [2.75, 3.05) is 5.73 Å². The molecule has 84 valence electrons. The largest absolute Gasteiger partial charge is 0.383 e. The molecule has 2 rings (SSSR count). The van der Waals surface area contributed by atoms with Crippen molar-refractivity contribution in [3.05, 3.63) is 46.9 Å². The second kappa shape index (κ2) is 4.76. The van der Waals surface area contributed by atoms with Crippen LogP contribution in [0.2, 0.25) is 5.15 Å². The molecule has 17 heavy (non-hydrogen) atoms. The summed E-state index contributed by atoms with van der Waals surface area (Å²) in [7, 11) is 0. The standard InChI is InChI=1S/C11H6ClFN4/c12-10-9(11(14)17-6-16-10)4-3-8-2-1-7(13)5-15-8/h1-2,5-6H,(H2,14,16,17). The van der Waals surface area contributed by atoms with Crippen LogP contribution in [-0.2, 0) is 0 Å². The molecule has 0 aliphatic rings. The van der Waals surface area contributed by atoms with Crippen molar-refractivity contribution in [3.8, 4) is 11.8 Å². The number of hydrogen-bond acceptors (Lipinski definition) is 4. The van der Waals surface area contributed by atoms with Gasteiger partial charge >= 0.3 is 0 Å². The molecule has 0 radical (unpaired) electrons. The van der Waals surface area contributed by atoms with Gasteiger partial charge in [0.05, 0.1) is 6.20 Å². The fraction of sp³-hybridized carbons (Fsp3) is 0. The number of nitrogens with zero attached hydrogens (tertiary/aromatic N) is 3. The van der Waals surface area contributed by atoms with E-state index in [4.69, 9.17) is 17.3 Å². The van der Waals surface area contributed by atoms with E-state index in [1.54, 1.807) is 0 Å². The molecular weight excluding hydrogens is 243 g/mol. The minimum Gasteiger partial charge on any atom is -0.383 e.